The van der Waals surface area contributed by atoms with Gasteiger partial charge in [0.15, 0.2) is 0 Å². The maximum Gasteiger partial charge on any atom is 0.0937 e. The average Bonchev–Trinajstić information content (AvgIpc) is 3.20. The van der Waals surface area contributed by atoms with Crippen molar-refractivity contribution in [2.45, 2.75) is 71.1 Å². The average molecular weight is 325 g/mol. The van der Waals surface area contributed by atoms with Crippen molar-refractivity contribution in [3.8, 4) is 0 Å². The van der Waals surface area contributed by atoms with Gasteiger partial charge in [-0.05, 0) is 103 Å². The number of hydrogen-bond acceptors (Lipinski definition) is 1. The predicted octanol–water partition coefficient (Wildman–Crippen LogP) is 6.57. The quantitative estimate of drug-likeness (QED) is 0.532. The summed E-state index contributed by atoms with van der Waals surface area (Å²) in [5.41, 5.74) is 2.47. The molecule has 24 heavy (non-hydrogen) atoms. The minimum atomic E-state index is 0.496. The summed E-state index contributed by atoms with van der Waals surface area (Å²) in [5, 5.41) is 0. The third-order valence-corrected chi connectivity index (χ3v) is 9.07. The third-order valence-electron chi connectivity index (χ3n) is 9.07. The van der Waals surface area contributed by atoms with Crippen LogP contribution in [0.1, 0.15) is 76.7 Å². The summed E-state index contributed by atoms with van der Waals surface area (Å²) in [6.45, 7) is 5.22. The van der Waals surface area contributed by atoms with E-state index >= 15 is 0 Å². The highest BCUT2D eigenvalue weighted by Gasteiger charge is 2.59. The summed E-state index contributed by atoms with van der Waals surface area (Å²) >= 11 is 0. The Balaban J connectivity index is 1.48. The van der Waals surface area contributed by atoms with Crippen molar-refractivity contribution in [1.82, 2.24) is 0 Å². The Hall–Kier alpha value is -0.980. The summed E-state index contributed by atoms with van der Waals surface area (Å²) < 4.78 is 5.44. The van der Waals surface area contributed by atoms with E-state index in [2.05, 4.69) is 32.1 Å². The first-order valence-electron chi connectivity index (χ1n) is 10.3. The van der Waals surface area contributed by atoms with E-state index in [0.29, 0.717) is 10.8 Å². The second-order valence-corrected chi connectivity index (χ2v) is 9.73. The number of rotatable bonds is 1. The molecule has 0 aliphatic heterocycles. The molecule has 0 amide bonds. The maximum absolute atomic E-state index is 5.44. The Morgan fingerprint density at radius 1 is 1.00 bits per heavy atom. The maximum atomic E-state index is 5.44. The molecule has 0 aromatic carbocycles. The van der Waals surface area contributed by atoms with Gasteiger partial charge in [0, 0.05) is 0 Å². The molecule has 4 aliphatic carbocycles. The summed E-state index contributed by atoms with van der Waals surface area (Å²) in [6, 6.07) is 2.23. The van der Waals surface area contributed by atoms with Crippen LogP contribution in [0.2, 0.25) is 0 Å². The van der Waals surface area contributed by atoms with E-state index in [4.69, 9.17) is 4.42 Å². The van der Waals surface area contributed by atoms with E-state index in [-0.39, 0.29) is 0 Å². The van der Waals surface area contributed by atoms with Gasteiger partial charge in [-0.15, -0.1) is 0 Å². The molecule has 0 unspecified atom stereocenters. The normalized spacial score (nSPS) is 50.2. The summed E-state index contributed by atoms with van der Waals surface area (Å²) in [7, 11) is 0. The van der Waals surface area contributed by atoms with Crippen molar-refractivity contribution in [1.29, 1.82) is 0 Å². The molecule has 3 fully saturated rings. The van der Waals surface area contributed by atoms with Gasteiger partial charge in [0.25, 0.3) is 0 Å². The Bertz CT molecular complexity index is 628. The minimum Gasteiger partial charge on any atom is -0.472 e. The molecule has 1 heterocycles. The highest BCUT2D eigenvalue weighted by molar-refractivity contribution is 5.23. The van der Waals surface area contributed by atoms with E-state index in [0.717, 1.165) is 29.6 Å². The lowest BCUT2D eigenvalue weighted by Crippen LogP contribution is -2.51. The molecular formula is C23H32O. The summed E-state index contributed by atoms with van der Waals surface area (Å²) in [5.74, 6) is 4.52. The van der Waals surface area contributed by atoms with Crippen molar-refractivity contribution in [3.05, 3.63) is 36.3 Å². The molecule has 5 rings (SSSR count). The molecule has 0 spiro atoms. The van der Waals surface area contributed by atoms with Crippen LogP contribution < -0.4 is 0 Å². The molecule has 3 saturated carbocycles. The molecule has 0 N–H and O–H groups in total. The molecule has 0 radical (unpaired) electrons. The summed E-state index contributed by atoms with van der Waals surface area (Å²) in [6.07, 6.45) is 20.5. The van der Waals surface area contributed by atoms with Crippen LogP contribution in [0, 0.1) is 34.5 Å². The van der Waals surface area contributed by atoms with Crippen LogP contribution in [-0.2, 0) is 0 Å². The predicted molar refractivity (Wildman–Crippen MR) is 97.7 cm³/mol. The van der Waals surface area contributed by atoms with E-state index in [1.165, 1.54) is 56.9 Å². The van der Waals surface area contributed by atoms with Gasteiger partial charge < -0.3 is 4.42 Å². The van der Waals surface area contributed by atoms with E-state index in [1.807, 2.05) is 12.5 Å². The molecule has 7 atom stereocenters. The van der Waals surface area contributed by atoms with E-state index in [1.54, 1.807) is 0 Å². The van der Waals surface area contributed by atoms with E-state index < -0.39 is 0 Å². The first kappa shape index (κ1) is 15.3. The van der Waals surface area contributed by atoms with Crippen LogP contribution in [0.3, 0.4) is 0 Å². The lowest BCUT2D eigenvalue weighted by atomic mass is 9.46. The van der Waals surface area contributed by atoms with Gasteiger partial charge in [-0.3, -0.25) is 0 Å². The first-order chi connectivity index (χ1) is 11.6. The van der Waals surface area contributed by atoms with Crippen LogP contribution in [0.5, 0.6) is 0 Å². The SMILES string of the molecule is C[C@]12C=CCC[C@@H]1CC[C@@H]1[C@@H]2CC[C@]2(C)[C@@H](c3ccoc3)CC[C@@H]12. The number of allylic oxidation sites excluding steroid dienone is 2. The molecule has 1 aromatic heterocycles. The lowest BCUT2D eigenvalue weighted by molar-refractivity contribution is -0.0719. The zero-order valence-corrected chi connectivity index (χ0v) is 15.3. The van der Waals surface area contributed by atoms with Crippen molar-refractivity contribution >= 4 is 0 Å². The van der Waals surface area contributed by atoms with Crippen LogP contribution >= 0.6 is 0 Å². The zero-order chi connectivity index (χ0) is 16.4. The van der Waals surface area contributed by atoms with Crippen LogP contribution in [0.25, 0.3) is 0 Å². The number of fused-ring (bicyclic) bond motifs is 5. The third kappa shape index (κ3) is 1.93. The van der Waals surface area contributed by atoms with Crippen molar-refractivity contribution < 1.29 is 4.42 Å². The minimum absolute atomic E-state index is 0.496. The largest absolute Gasteiger partial charge is 0.472 e. The van der Waals surface area contributed by atoms with Crippen LogP contribution in [0.15, 0.2) is 35.2 Å². The van der Waals surface area contributed by atoms with Gasteiger partial charge in [-0.1, -0.05) is 26.0 Å². The molecule has 0 bridgehead atoms. The fourth-order valence-electron chi connectivity index (χ4n) is 7.84. The van der Waals surface area contributed by atoms with Crippen molar-refractivity contribution in [2.24, 2.45) is 34.5 Å². The van der Waals surface area contributed by atoms with Crippen molar-refractivity contribution in [2.75, 3.05) is 0 Å². The Morgan fingerprint density at radius 3 is 2.75 bits per heavy atom. The summed E-state index contributed by atoms with van der Waals surface area (Å²) in [4.78, 5) is 0. The Morgan fingerprint density at radius 2 is 1.92 bits per heavy atom. The fraction of sp³-hybridized carbons (Fsp3) is 0.739. The highest BCUT2D eigenvalue weighted by Crippen LogP contribution is 2.68. The molecule has 0 saturated heterocycles. The molecule has 1 heteroatoms. The van der Waals surface area contributed by atoms with Crippen molar-refractivity contribution in [3.63, 3.8) is 0 Å². The van der Waals surface area contributed by atoms with Gasteiger partial charge >= 0.3 is 0 Å². The molecule has 1 nitrogen and oxygen atoms in total. The Labute approximate surface area is 146 Å². The highest BCUT2D eigenvalue weighted by atomic mass is 16.3. The lowest BCUT2D eigenvalue weighted by Gasteiger charge is -2.59. The fourth-order valence-corrected chi connectivity index (χ4v) is 7.84. The second kappa shape index (κ2) is 5.26. The second-order valence-electron chi connectivity index (χ2n) is 9.73. The molecular weight excluding hydrogens is 292 g/mol. The topological polar surface area (TPSA) is 13.1 Å². The smallest absolute Gasteiger partial charge is 0.0937 e. The first-order valence-corrected chi connectivity index (χ1v) is 10.3. The van der Waals surface area contributed by atoms with Crippen LogP contribution in [0.4, 0.5) is 0 Å². The number of hydrogen-bond donors (Lipinski definition) is 0. The molecule has 1 aromatic rings. The zero-order valence-electron chi connectivity index (χ0n) is 15.3. The van der Waals surface area contributed by atoms with Gasteiger partial charge in [0.05, 0.1) is 12.5 Å². The molecule has 4 aliphatic rings. The van der Waals surface area contributed by atoms with E-state index in [9.17, 15) is 0 Å². The van der Waals surface area contributed by atoms with Gasteiger partial charge in [-0.2, -0.15) is 0 Å². The van der Waals surface area contributed by atoms with Gasteiger partial charge in [0.2, 0.25) is 0 Å². The monoisotopic (exact) mass is 324 g/mol. The molecule has 130 valence electrons. The van der Waals surface area contributed by atoms with Gasteiger partial charge in [-0.25, -0.2) is 0 Å². The van der Waals surface area contributed by atoms with Crippen LogP contribution in [-0.4, -0.2) is 0 Å². The Kier molecular flexibility index (Phi) is 3.35. The standard InChI is InChI=1S/C23H32O/c1-22-12-4-3-5-17(22)6-7-18-20-9-8-19(16-11-14-24-15-16)23(20,2)13-10-21(18)22/h4,11-12,14-15,17-21H,3,5-10,13H2,1-2H3/t17-,18+,19-,20+,21+,22+,23-/m1/s1. The number of furan rings is 1. The van der Waals surface area contributed by atoms with Gasteiger partial charge in [0.1, 0.15) is 0 Å².